The van der Waals surface area contributed by atoms with Crippen molar-refractivity contribution >= 4 is 17.8 Å². The molecule has 0 spiro atoms. The maximum absolute atomic E-state index is 11.5. The Morgan fingerprint density at radius 3 is 2.33 bits per heavy atom. The lowest BCUT2D eigenvalue weighted by atomic mass is 10.1. The average molecular weight is 284 g/mol. The Balaban J connectivity index is 2.35. The van der Waals surface area contributed by atoms with Crippen molar-refractivity contribution < 1.29 is 9.53 Å². The highest BCUT2D eigenvalue weighted by molar-refractivity contribution is 5.84. The van der Waals surface area contributed by atoms with E-state index in [4.69, 9.17) is 4.74 Å². The summed E-state index contributed by atoms with van der Waals surface area (Å²) < 4.78 is 5.26. The molecule has 0 fully saturated rings. The highest BCUT2D eigenvalue weighted by Gasteiger charge is 2.13. The number of ether oxygens (including phenoxy) is 1. The fourth-order valence-electron chi connectivity index (χ4n) is 2.19. The van der Waals surface area contributed by atoms with Crippen LogP contribution in [0.1, 0.15) is 5.56 Å². The van der Waals surface area contributed by atoms with Crippen molar-refractivity contribution in [3.8, 4) is 5.75 Å². The van der Waals surface area contributed by atoms with Crippen LogP contribution in [0.3, 0.4) is 0 Å². The highest BCUT2D eigenvalue weighted by Crippen LogP contribution is 2.32. The van der Waals surface area contributed by atoms with E-state index in [1.165, 1.54) is 0 Å². The van der Waals surface area contributed by atoms with Crippen LogP contribution in [0.2, 0.25) is 0 Å². The zero-order valence-corrected chi connectivity index (χ0v) is 12.6. The summed E-state index contributed by atoms with van der Waals surface area (Å²) in [7, 11) is 5.53. The van der Waals surface area contributed by atoms with Gasteiger partial charge in [0.15, 0.2) is 0 Å². The van der Waals surface area contributed by atoms with Crippen molar-refractivity contribution in [2.45, 2.75) is 6.54 Å². The van der Waals surface area contributed by atoms with Crippen LogP contribution in [0, 0.1) is 0 Å². The number of nitrogens with zero attached hydrogens (tertiary/aromatic N) is 2. The van der Waals surface area contributed by atoms with Gasteiger partial charge in [0.2, 0.25) is 6.41 Å². The van der Waals surface area contributed by atoms with Crippen molar-refractivity contribution in [3.05, 3.63) is 54.1 Å². The first-order valence-electron chi connectivity index (χ1n) is 6.77. The molecule has 0 radical (unpaired) electrons. The molecule has 0 saturated heterocycles. The second-order valence-corrected chi connectivity index (χ2v) is 4.97. The van der Waals surface area contributed by atoms with Crippen molar-refractivity contribution in [1.29, 1.82) is 0 Å². The average Bonchev–Trinajstić information content (AvgIpc) is 2.53. The van der Waals surface area contributed by atoms with E-state index in [0.717, 1.165) is 29.1 Å². The van der Waals surface area contributed by atoms with E-state index in [0.29, 0.717) is 6.54 Å². The van der Waals surface area contributed by atoms with Gasteiger partial charge in [-0.15, -0.1) is 0 Å². The number of carbonyl (C=O) groups is 1. The number of anilines is 2. The van der Waals surface area contributed by atoms with Crippen LogP contribution in [-0.2, 0) is 11.3 Å². The maximum atomic E-state index is 11.5. The number of amides is 1. The van der Waals surface area contributed by atoms with Crippen LogP contribution >= 0.6 is 0 Å². The van der Waals surface area contributed by atoms with Crippen molar-refractivity contribution in [3.63, 3.8) is 0 Å². The quantitative estimate of drug-likeness (QED) is 0.765. The molecular weight excluding hydrogens is 264 g/mol. The molecule has 0 aliphatic heterocycles. The smallest absolute Gasteiger partial charge is 0.214 e. The van der Waals surface area contributed by atoms with Gasteiger partial charge in [-0.05, 0) is 17.7 Å². The normalized spacial score (nSPS) is 10.0. The number of hydrogen-bond donors (Lipinski definition) is 0. The van der Waals surface area contributed by atoms with Gasteiger partial charge in [0.25, 0.3) is 0 Å². The Labute approximate surface area is 125 Å². The number of hydrogen-bond acceptors (Lipinski definition) is 3. The first-order valence-corrected chi connectivity index (χ1v) is 6.77. The number of methoxy groups -OCH3 is 1. The molecule has 0 heterocycles. The predicted octanol–water partition coefficient (Wildman–Crippen LogP) is 2.92. The molecule has 2 aromatic carbocycles. The third-order valence-corrected chi connectivity index (χ3v) is 3.30. The van der Waals surface area contributed by atoms with Crippen molar-refractivity contribution in [2.75, 3.05) is 31.0 Å². The summed E-state index contributed by atoms with van der Waals surface area (Å²) in [4.78, 5) is 15.2. The van der Waals surface area contributed by atoms with Crippen molar-refractivity contribution in [2.24, 2.45) is 0 Å². The first-order chi connectivity index (χ1) is 10.2. The van der Waals surface area contributed by atoms with Crippen LogP contribution < -0.4 is 14.5 Å². The molecule has 0 aliphatic rings. The van der Waals surface area contributed by atoms with Gasteiger partial charge in [-0.25, -0.2) is 0 Å². The first kappa shape index (κ1) is 14.9. The number of rotatable bonds is 6. The highest BCUT2D eigenvalue weighted by atomic mass is 16.5. The molecule has 0 aliphatic carbocycles. The van der Waals surface area contributed by atoms with E-state index in [9.17, 15) is 4.79 Å². The third kappa shape index (κ3) is 3.54. The van der Waals surface area contributed by atoms with Gasteiger partial charge in [-0.2, -0.15) is 0 Å². The predicted molar refractivity (Wildman–Crippen MR) is 86.0 cm³/mol. The van der Waals surface area contributed by atoms with Gasteiger partial charge < -0.3 is 14.5 Å². The molecule has 4 heteroatoms. The molecule has 0 bridgehead atoms. The monoisotopic (exact) mass is 284 g/mol. The van der Waals surface area contributed by atoms with Crippen molar-refractivity contribution in [1.82, 2.24) is 0 Å². The van der Waals surface area contributed by atoms with E-state index in [2.05, 4.69) is 0 Å². The molecule has 0 N–H and O–H groups in total. The molecule has 1 amide bonds. The topological polar surface area (TPSA) is 32.8 Å². The Morgan fingerprint density at radius 1 is 1.05 bits per heavy atom. The maximum Gasteiger partial charge on any atom is 0.214 e. The molecule has 0 atom stereocenters. The summed E-state index contributed by atoms with van der Waals surface area (Å²) in [5.41, 5.74) is 2.89. The Morgan fingerprint density at radius 2 is 1.76 bits per heavy atom. The van der Waals surface area contributed by atoms with E-state index < -0.39 is 0 Å². The fraction of sp³-hybridized carbons (Fsp3) is 0.235. The molecule has 4 nitrogen and oxygen atoms in total. The second kappa shape index (κ2) is 6.79. The lowest BCUT2D eigenvalue weighted by Crippen LogP contribution is -2.23. The molecular formula is C17H20N2O2. The van der Waals surface area contributed by atoms with Crippen LogP contribution in [0.15, 0.2) is 48.5 Å². The van der Waals surface area contributed by atoms with Crippen LogP contribution in [0.4, 0.5) is 11.4 Å². The summed E-state index contributed by atoms with van der Waals surface area (Å²) in [5, 5.41) is 0. The second-order valence-electron chi connectivity index (χ2n) is 4.97. The van der Waals surface area contributed by atoms with Gasteiger partial charge in [-0.3, -0.25) is 4.79 Å². The van der Waals surface area contributed by atoms with Gasteiger partial charge in [-0.1, -0.05) is 30.3 Å². The largest absolute Gasteiger partial charge is 0.497 e. The Kier molecular flexibility index (Phi) is 4.82. The van der Waals surface area contributed by atoms with Crippen LogP contribution in [0.25, 0.3) is 0 Å². The zero-order valence-electron chi connectivity index (χ0n) is 12.6. The zero-order chi connectivity index (χ0) is 15.2. The number of carbonyl (C=O) groups excluding carboxylic acids is 1. The lowest BCUT2D eigenvalue weighted by Gasteiger charge is -2.25. The standard InChI is InChI=1S/C17H20N2O2/c1-18(2)17-11-15(21-3)9-10-16(17)19(13-20)12-14-7-5-4-6-8-14/h4-11,13H,12H2,1-3H3. The molecule has 0 aromatic heterocycles. The summed E-state index contributed by atoms with van der Waals surface area (Å²) in [6.45, 7) is 0.539. The van der Waals surface area contributed by atoms with Crippen LogP contribution in [-0.4, -0.2) is 27.6 Å². The fourth-order valence-corrected chi connectivity index (χ4v) is 2.19. The minimum Gasteiger partial charge on any atom is -0.497 e. The Hall–Kier alpha value is -2.49. The molecule has 0 unspecified atom stereocenters. The molecule has 2 aromatic rings. The van der Waals surface area contributed by atoms with E-state index in [1.807, 2.05) is 67.5 Å². The minimum atomic E-state index is 0.539. The van der Waals surface area contributed by atoms with E-state index in [1.54, 1.807) is 12.0 Å². The summed E-state index contributed by atoms with van der Waals surface area (Å²) in [6, 6.07) is 15.6. The van der Waals surface area contributed by atoms with Crippen LogP contribution in [0.5, 0.6) is 5.75 Å². The lowest BCUT2D eigenvalue weighted by molar-refractivity contribution is -0.107. The Bertz CT molecular complexity index is 597. The van der Waals surface area contributed by atoms with Gasteiger partial charge >= 0.3 is 0 Å². The molecule has 21 heavy (non-hydrogen) atoms. The number of benzene rings is 2. The molecule has 110 valence electrons. The van der Waals surface area contributed by atoms with Gasteiger partial charge in [0, 0.05) is 20.2 Å². The summed E-state index contributed by atoms with van der Waals surface area (Å²) in [5.74, 6) is 0.771. The summed E-state index contributed by atoms with van der Waals surface area (Å²) in [6.07, 6.45) is 0.863. The SMILES string of the molecule is COc1ccc(N(C=O)Cc2ccccc2)c(N(C)C)c1. The minimum absolute atomic E-state index is 0.539. The summed E-state index contributed by atoms with van der Waals surface area (Å²) >= 11 is 0. The molecule has 2 rings (SSSR count). The third-order valence-electron chi connectivity index (χ3n) is 3.30. The van der Waals surface area contributed by atoms with E-state index in [-0.39, 0.29) is 0 Å². The van der Waals surface area contributed by atoms with E-state index >= 15 is 0 Å². The van der Waals surface area contributed by atoms with Gasteiger partial charge in [0.1, 0.15) is 5.75 Å². The van der Waals surface area contributed by atoms with Gasteiger partial charge in [0.05, 0.1) is 25.0 Å². The molecule has 0 saturated carbocycles.